The molecule has 0 amide bonds. The SMILES string of the molecule is CC(=O)OCC1O[C@@H](OCCSC(C)=O)C(OC(C)=O)C(OC(C)=O)[C@@H]1OC(C)=O. The number of ether oxygens (including phenoxy) is 6. The molecular formula is C18H26O11S. The van der Waals surface area contributed by atoms with E-state index in [4.69, 9.17) is 28.4 Å². The van der Waals surface area contributed by atoms with Gasteiger partial charge in [-0.15, -0.1) is 0 Å². The minimum Gasteiger partial charge on any atom is -0.463 e. The molecule has 0 aromatic heterocycles. The van der Waals surface area contributed by atoms with Crippen molar-refractivity contribution < 1.29 is 52.4 Å². The maximum absolute atomic E-state index is 11.7. The van der Waals surface area contributed by atoms with Crippen LogP contribution in [-0.4, -0.2) is 78.7 Å². The van der Waals surface area contributed by atoms with Gasteiger partial charge in [-0.3, -0.25) is 24.0 Å². The van der Waals surface area contributed by atoms with Crippen molar-refractivity contribution in [3.05, 3.63) is 0 Å². The molecule has 0 spiro atoms. The Morgan fingerprint density at radius 1 is 0.767 bits per heavy atom. The normalized spacial score (nSPS) is 25.7. The van der Waals surface area contributed by atoms with Crippen LogP contribution >= 0.6 is 11.8 Å². The molecule has 1 rings (SSSR count). The van der Waals surface area contributed by atoms with Gasteiger partial charge in [0.25, 0.3) is 0 Å². The van der Waals surface area contributed by atoms with Crippen LogP contribution in [0.4, 0.5) is 0 Å². The highest BCUT2D eigenvalue weighted by Gasteiger charge is 2.52. The van der Waals surface area contributed by atoms with Crippen molar-refractivity contribution in [1.82, 2.24) is 0 Å². The lowest BCUT2D eigenvalue weighted by Crippen LogP contribution is -2.63. The van der Waals surface area contributed by atoms with Gasteiger partial charge < -0.3 is 28.4 Å². The van der Waals surface area contributed by atoms with E-state index in [0.717, 1.165) is 32.5 Å². The van der Waals surface area contributed by atoms with Crippen LogP contribution in [0.1, 0.15) is 34.6 Å². The lowest BCUT2D eigenvalue weighted by Gasteiger charge is -2.44. The molecule has 1 fully saturated rings. The second-order valence-corrected chi connectivity index (χ2v) is 7.55. The Bertz CT molecular complexity index is 650. The fraction of sp³-hybridized carbons (Fsp3) is 0.722. The molecule has 1 heterocycles. The molecule has 0 saturated carbocycles. The Morgan fingerprint density at radius 3 is 1.80 bits per heavy atom. The fourth-order valence-corrected chi connectivity index (χ4v) is 3.14. The van der Waals surface area contributed by atoms with Gasteiger partial charge in [0.15, 0.2) is 29.7 Å². The topological polar surface area (TPSA) is 141 Å². The summed E-state index contributed by atoms with van der Waals surface area (Å²) in [5.41, 5.74) is 0. The second kappa shape index (κ2) is 12.5. The fourth-order valence-electron chi connectivity index (χ4n) is 2.67. The molecular weight excluding hydrogens is 424 g/mol. The van der Waals surface area contributed by atoms with E-state index in [9.17, 15) is 24.0 Å². The molecule has 0 aromatic carbocycles. The molecule has 5 atom stereocenters. The zero-order chi connectivity index (χ0) is 22.8. The summed E-state index contributed by atoms with van der Waals surface area (Å²) >= 11 is 1.02. The van der Waals surface area contributed by atoms with Crippen LogP contribution < -0.4 is 0 Å². The van der Waals surface area contributed by atoms with Gasteiger partial charge in [-0.1, -0.05) is 11.8 Å². The van der Waals surface area contributed by atoms with Crippen molar-refractivity contribution in [2.45, 2.75) is 65.3 Å². The van der Waals surface area contributed by atoms with E-state index in [2.05, 4.69) is 0 Å². The van der Waals surface area contributed by atoms with E-state index in [1.54, 1.807) is 0 Å². The first kappa shape index (κ1) is 25.9. The summed E-state index contributed by atoms with van der Waals surface area (Å²) in [5, 5.41) is -0.111. The van der Waals surface area contributed by atoms with Crippen molar-refractivity contribution in [2.75, 3.05) is 19.0 Å². The first-order chi connectivity index (χ1) is 14.0. The molecule has 0 bridgehead atoms. The van der Waals surface area contributed by atoms with Crippen molar-refractivity contribution in [3.63, 3.8) is 0 Å². The first-order valence-electron chi connectivity index (χ1n) is 9.06. The summed E-state index contributed by atoms with van der Waals surface area (Å²) in [6.07, 6.45) is -6.10. The molecule has 0 N–H and O–H groups in total. The number of carbonyl (C=O) groups excluding carboxylic acids is 5. The Morgan fingerprint density at radius 2 is 1.30 bits per heavy atom. The summed E-state index contributed by atoms with van der Waals surface area (Å²) in [5.74, 6) is -2.47. The molecule has 170 valence electrons. The van der Waals surface area contributed by atoms with E-state index in [-0.39, 0.29) is 18.3 Å². The van der Waals surface area contributed by atoms with E-state index >= 15 is 0 Å². The van der Waals surface area contributed by atoms with Gasteiger partial charge in [0.05, 0.1) is 6.61 Å². The van der Waals surface area contributed by atoms with Crippen molar-refractivity contribution in [2.24, 2.45) is 0 Å². The van der Waals surface area contributed by atoms with Gasteiger partial charge in [0.1, 0.15) is 12.7 Å². The van der Waals surface area contributed by atoms with E-state index in [0.29, 0.717) is 5.75 Å². The Kier molecular flexibility index (Phi) is 10.8. The highest BCUT2D eigenvalue weighted by atomic mass is 32.2. The number of hydrogen-bond donors (Lipinski definition) is 0. The van der Waals surface area contributed by atoms with Gasteiger partial charge in [-0.05, 0) is 0 Å². The average Bonchev–Trinajstić information content (AvgIpc) is 2.60. The lowest BCUT2D eigenvalue weighted by atomic mass is 9.98. The van der Waals surface area contributed by atoms with Gasteiger partial charge in [0.2, 0.25) is 0 Å². The van der Waals surface area contributed by atoms with E-state index in [1.807, 2.05) is 0 Å². The van der Waals surface area contributed by atoms with Gasteiger partial charge in [0, 0.05) is 40.4 Å². The van der Waals surface area contributed by atoms with Gasteiger partial charge in [-0.25, -0.2) is 0 Å². The number of hydrogen-bond acceptors (Lipinski definition) is 12. The van der Waals surface area contributed by atoms with Crippen LogP contribution in [-0.2, 0) is 52.4 Å². The second-order valence-electron chi connectivity index (χ2n) is 6.28. The third kappa shape index (κ3) is 9.09. The van der Waals surface area contributed by atoms with E-state index < -0.39 is 54.6 Å². The van der Waals surface area contributed by atoms with Crippen LogP contribution in [0.25, 0.3) is 0 Å². The molecule has 3 unspecified atom stereocenters. The number of esters is 4. The summed E-state index contributed by atoms with van der Waals surface area (Å²) in [6, 6.07) is 0. The first-order valence-corrected chi connectivity index (χ1v) is 10.0. The van der Waals surface area contributed by atoms with Gasteiger partial charge >= 0.3 is 23.9 Å². The smallest absolute Gasteiger partial charge is 0.303 e. The van der Waals surface area contributed by atoms with Gasteiger partial charge in [-0.2, -0.15) is 0 Å². The molecule has 1 aliphatic heterocycles. The van der Waals surface area contributed by atoms with Crippen molar-refractivity contribution in [3.8, 4) is 0 Å². The molecule has 30 heavy (non-hydrogen) atoms. The molecule has 1 saturated heterocycles. The molecule has 0 aromatic rings. The van der Waals surface area contributed by atoms with Crippen molar-refractivity contribution >= 4 is 40.8 Å². The monoisotopic (exact) mass is 450 g/mol. The number of carbonyl (C=O) groups is 5. The predicted molar refractivity (Wildman–Crippen MR) is 101 cm³/mol. The third-order valence-electron chi connectivity index (χ3n) is 3.62. The summed E-state index contributed by atoms with van der Waals surface area (Å²) in [4.78, 5) is 57.2. The van der Waals surface area contributed by atoms with E-state index in [1.165, 1.54) is 13.8 Å². The molecule has 1 aliphatic rings. The molecule has 0 radical (unpaired) electrons. The Hall–Kier alpha value is -2.18. The van der Waals surface area contributed by atoms with Crippen LogP contribution in [0, 0.1) is 0 Å². The molecule has 11 nitrogen and oxygen atoms in total. The predicted octanol–water partition coefficient (Wildman–Crippen LogP) is 0.366. The summed E-state index contributed by atoms with van der Waals surface area (Å²) < 4.78 is 32.1. The zero-order valence-electron chi connectivity index (χ0n) is 17.4. The minimum absolute atomic E-state index is 0.0397. The Balaban J connectivity index is 3.17. The number of thioether (sulfide) groups is 1. The third-order valence-corrected chi connectivity index (χ3v) is 4.40. The zero-order valence-corrected chi connectivity index (χ0v) is 18.2. The van der Waals surface area contributed by atoms with Crippen LogP contribution in [0.2, 0.25) is 0 Å². The molecule has 12 heteroatoms. The number of rotatable bonds is 9. The largest absolute Gasteiger partial charge is 0.463 e. The maximum Gasteiger partial charge on any atom is 0.303 e. The highest BCUT2D eigenvalue weighted by Crippen LogP contribution is 2.30. The van der Waals surface area contributed by atoms with Crippen molar-refractivity contribution in [1.29, 1.82) is 0 Å². The van der Waals surface area contributed by atoms with Crippen LogP contribution in [0.15, 0.2) is 0 Å². The maximum atomic E-state index is 11.7. The van der Waals surface area contributed by atoms with Crippen LogP contribution in [0.5, 0.6) is 0 Å². The molecule has 0 aliphatic carbocycles. The standard InChI is InChI=1S/C18H26O11S/c1-9(19)25-8-14-15(26-10(2)20)16(27-11(3)21)17(28-12(4)22)18(29-14)24-6-7-30-13(5)23/h14-18H,6-8H2,1-5H3/t14?,15-,16?,17?,18-/m1/s1. The highest BCUT2D eigenvalue weighted by molar-refractivity contribution is 8.13. The lowest BCUT2D eigenvalue weighted by molar-refractivity contribution is -0.307. The summed E-state index contributed by atoms with van der Waals surface area (Å²) in [7, 11) is 0. The quantitative estimate of drug-likeness (QED) is 0.272. The average molecular weight is 450 g/mol. The van der Waals surface area contributed by atoms with Crippen LogP contribution in [0.3, 0.4) is 0 Å². The Labute approximate surface area is 178 Å². The summed E-state index contributed by atoms with van der Waals surface area (Å²) in [6.45, 7) is 5.69. The minimum atomic E-state index is -1.28.